The van der Waals surface area contributed by atoms with E-state index in [1.807, 2.05) is 7.05 Å². The van der Waals surface area contributed by atoms with Gasteiger partial charge in [-0.2, -0.15) is 13.2 Å². The zero-order chi connectivity index (χ0) is 15.6. The summed E-state index contributed by atoms with van der Waals surface area (Å²) in [7, 11) is 1.99. The molecule has 116 valence electrons. The molecule has 0 aliphatic carbocycles. The van der Waals surface area contributed by atoms with E-state index >= 15 is 0 Å². The number of carbonyl (C=O) groups is 1. The van der Waals surface area contributed by atoms with Crippen molar-refractivity contribution in [2.24, 2.45) is 0 Å². The molecule has 1 fully saturated rings. The number of likely N-dealkylation sites (N-methyl/N-ethyl adjacent to an activating group) is 1. The van der Waals surface area contributed by atoms with Crippen LogP contribution in [-0.2, 0) is 6.18 Å². The zero-order valence-electron chi connectivity index (χ0n) is 12.1. The Balaban J connectivity index is 2.19. The average molecular weight is 301 g/mol. The first kappa shape index (κ1) is 15.8. The predicted octanol–water partition coefficient (Wildman–Crippen LogP) is 2.19. The number of aryl methyl sites for hydroxylation is 1. The summed E-state index contributed by atoms with van der Waals surface area (Å²) in [5.74, 6) is -0.246. The van der Waals surface area contributed by atoms with E-state index in [1.165, 1.54) is 13.0 Å². The summed E-state index contributed by atoms with van der Waals surface area (Å²) in [6.45, 7) is 4.30. The number of aromatic nitrogens is 1. The van der Waals surface area contributed by atoms with Gasteiger partial charge in [0.15, 0.2) is 0 Å². The monoisotopic (exact) mass is 301 g/mol. The van der Waals surface area contributed by atoms with Crippen LogP contribution in [0, 0.1) is 6.92 Å². The molecule has 0 aromatic carbocycles. The predicted molar refractivity (Wildman–Crippen MR) is 72.0 cm³/mol. The topological polar surface area (TPSA) is 36.4 Å². The van der Waals surface area contributed by atoms with Crippen molar-refractivity contribution in [2.45, 2.75) is 19.5 Å². The molecular weight excluding hydrogens is 283 g/mol. The molecule has 0 N–H and O–H groups in total. The van der Waals surface area contributed by atoms with Crippen molar-refractivity contribution in [3.8, 4) is 0 Å². The molecule has 0 spiro atoms. The van der Waals surface area contributed by atoms with Crippen LogP contribution >= 0.6 is 0 Å². The molecule has 0 saturated carbocycles. The molecule has 4 nitrogen and oxygen atoms in total. The van der Waals surface area contributed by atoms with Gasteiger partial charge in [0.25, 0.3) is 5.91 Å². The van der Waals surface area contributed by atoms with Gasteiger partial charge >= 0.3 is 6.18 Å². The molecule has 1 aromatic rings. The summed E-state index contributed by atoms with van der Waals surface area (Å²) < 4.78 is 37.8. The fraction of sp³-hybridized carbons (Fsp3) is 0.571. The number of alkyl halides is 3. The molecule has 1 aromatic heterocycles. The summed E-state index contributed by atoms with van der Waals surface area (Å²) in [6, 6.07) is 2.09. The Labute approximate surface area is 121 Å². The first-order chi connectivity index (χ1) is 9.79. The van der Waals surface area contributed by atoms with Gasteiger partial charge in [0.05, 0.1) is 11.3 Å². The molecule has 2 heterocycles. The van der Waals surface area contributed by atoms with Crippen LogP contribution in [0.3, 0.4) is 0 Å². The maximum absolute atomic E-state index is 12.6. The molecule has 7 heteroatoms. The van der Waals surface area contributed by atoms with Gasteiger partial charge in [-0.05, 0) is 39.1 Å². The average Bonchev–Trinajstić information content (AvgIpc) is 2.61. The standard InChI is InChI=1S/C14H18F3N3O/c1-10-11(4-5-12(18-10)14(15,16)17)13(21)20-7-3-6-19(2)8-9-20/h4-5H,3,6-9H2,1-2H3. The van der Waals surface area contributed by atoms with Gasteiger partial charge in [0, 0.05) is 19.6 Å². The van der Waals surface area contributed by atoms with Crippen LogP contribution in [0.15, 0.2) is 12.1 Å². The van der Waals surface area contributed by atoms with E-state index in [0.29, 0.717) is 13.1 Å². The molecule has 1 amide bonds. The maximum atomic E-state index is 12.6. The SMILES string of the molecule is Cc1nc(C(F)(F)F)ccc1C(=O)N1CCCN(C)CC1. The molecule has 1 aliphatic heterocycles. The molecule has 0 unspecified atom stereocenters. The lowest BCUT2D eigenvalue weighted by Crippen LogP contribution is -2.35. The summed E-state index contributed by atoms with van der Waals surface area (Å²) in [5, 5.41) is 0. The molecule has 1 aliphatic rings. The number of rotatable bonds is 1. The Kier molecular flexibility index (Phi) is 4.51. The van der Waals surface area contributed by atoms with E-state index < -0.39 is 11.9 Å². The minimum atomic E-state index is -4.49. The minimum Gasteiger partial charge on any atom is -0.337 e. The first-order valence-electron chi connectivity index (χ1n) is 6.81. The van der Waals surface area contributed by atoms with Gasteiger partial charge < -0.3 is 9.80 Å². The van der Waals surface area contributed by atoms with Gasteiger partial charge in [-0.3, -0.25) is 4.79 Å². The largest absolute Gasteiger partial charge is 0.433 e. The Morgan fingerprint density at radius 3 is 2.52 bits per heavy atom. The van der Waals surface area contributed by atoms with Crippen LogP contribution in [0.5, 0.6) is 0 Å². The number of halogens is 3. The fourth-order valence-corrected chi connectivity index (χ4v) is 2.36. The van der Waals surface area contributed by atoms with Crippen molar-refractivity contribution in [1.82, 2.24) is 14.8 Å². The van der Waals surface area contributed by atoms with Gasteiger partial charge in [0.1, 0.15) is 5.69 Å². The number of nitrogens with zero attached hydrogens (tertiary/aromatic N) is 3. The Bertz CT molecular complexity index is 531. The second-order valence-corrected chi connectivity index (χ2v) is 5.28. The van der Waals surface area contributed by atoms with Crippen LogP contribution in [0.1, 0.15) is 28.2 Å². The highest BCUT2D eigenvalue weighted by Gasteiger charge is 2.33. The van der Waals surface area contributed by atoms with Crippen molar-refractivity contribution in [2.75, 3.05) is 33.2 Å². The van der Waals surface area contributed by atoms with E-state index in [1.54, 1.807) is 4.90 Å². The first-order valence-corrected chi connectivity index (χ1v) is 6.81. The fourth-order valence-electron chi connectivity index (χ4n) is 2.36. The lowest BCUT2D eigenvalue weighted by molar-refractivity contribution is -0.141. The second kappa shape index (κ2) is 6.01. The molecular formula is C14H18F3N3O. The number of amides is 1. The quantitative estimate of drug-likeness (QED) is 0.798. The summed E-state index contributed by atoms with van der Waals surface area (Å²) in [5.41, 5.74) is -0.605. The highest BCUT2D eigenvalue weighted by atomic mass is 19.4. The van der Waals surface area contributed by atoms with Crippen molar-refractivity contribution in [3.63, 3.8) is 0 Å². The van der Waals surface area contributed by atoms with Gasteiger partial charge in [-0.15, -0.1) is 0 Å². The molecule has 0 radical (unpaired) electrons. The third-order valence-electron chi connectivity index (χ3n) is 3.61. The van der Waals surface area contributed by atoms with Crippen LogP contribution in [-0.4, -0.2) is 53.9 Å². The van der Waals surface area contributed by atoms with Crippen LogP contribution < -0.4 is 0 Å². The van der Waals surface area contributed by atoms with Gasteiger partial charge in [-0.1, -0.05) is 0 Å². The van der Waals surface area contributed by atoms with Crippen molar-refractivity contribution in [1.29, 1.82) is 0 Å². The minimum absolute atomic E-state index is 0.118. The normalized spacial score (nSPS) is 17.7. The molecule has 1 saturated heterocycles. The zero-order valence-corrected chi connectivity index (χ0v) is 12.1. The Morgan fingerprint density at radius 1 is 1.19 bits per heavy atom. The summed E-state index contributed by atoms with van der Waals surface area (Å²) in [6.07, 6.45) is -3.63. The summed E-state index contributed by atoms with van der Waals surface area (Å²) >= 11 is 0. The molecule has 21 heavy (non-hydrogen) atoms. The molecule has 2 rings (SSSR count). The number of pyridine rings is 1. The van der Waals surface area contributed by atoms with Crippen molar-refractivity contribution >= 4 is 5.91 Å². The molecule has 0 bridgehead atoms. The summed E-state index contributed by atoms with van der Waals surface area (Å²) in [4.78, 5) is 19.8. The lowest BCUT2D eigenvalue weighted by atomic mass is 10.1. The molecule has 0 atom stereocenters. The lowest BCUT2D eigenvalue weighted by Gasteiger charge is -2.21. The van der Waals surface area contributed by atoms with E-state index in [2.05, 4.69) is 9.88 Å². The van der Waals surface area contributed by atoms with Gasteiger partial charge in [-0.25, -0.2) is 4.98 Å². The van der Waals surface area contributed by atoms with Crippen LogP contribution in [0.2, 0.25) is 0 Å². The second-order valence-electron chi connectivity index (χ2n) is 5.28. The van der Waals surface area contributed by atoms with E-state index in [-0.39, 0.29) is 17.2 Å². The number of hydrogen-bond donors (Lipinski definition) is 0. The number of carbonyl (C=O) groups excluding carboxylic acids is 1. The third kappa shape index (κ3) is 3.72. The van der Waals surface area contributed by atoms with Crippen molar-refractivity contribution < 1.29 is 18.0 Å². The van der Waals surface area contributed by atoms with Gasteiger partial charge in [0.2, 0.25) is 0 Å². The Morgan fingerprint density at radius 2 is 1.90 bits per heavy atom. The number of hydrogen-bond acceptors (Lipinski definition) is 3. The van der Waals surface area contributed by atoms with Crippen LogP contribution in [0.4, 0.5) is 13.2 Å². The Hall–Kier alpha value is -1.63. The third-order valence-corrected chi connectivity index (χ3v) is 3.61. The maximum Gasteiger partial charge on any atom is 0.433 e. The highest BCUT2D eigenvalue weighted by Crippen LogP contribution is 2.28. The van der Waals surface area contributed by atoms with E-state index in [9.17, 15) is 18.0 Å². The highest BCUT2D eigenvalue weighted by molar-refractivity contribution is 5.95. The van der Waals surface area contributed by atoms with Crippen molar-refractivity contribution in [3.05, 3.63) is 29.1 Å². The smallest absolute Gasteiger partial charge is 0.337 e. The van der Waals surface area contributed by atoms with E-state index in [0.717, 1.165) is 25.6 Å². The van der Waals surface area contributed by atoms with Crippen LogP contribution in [0.25, 0.3) is 0 Å². The van der Waals surface area contributed by atoms with E-state index in [4.69, 9.17) is 0 Å².